The second kappa shape index (κ2) is 18.2. The van der Waals surface area contributed by atoms with Crippen LogP contribution in [0.4, 0.5) is 14.3 Å². The zero-order chi connectivity index (χ0) is 46.9. The largest absolute Gasteiger partial charge is 0.497 e. The number of para-hydroxylation sites is 1. The average molecular weight is 924 g/mol. The summed E-state index contributed by atoms with van der Waals surface area (Å²) < 4.78 is 64.6. The summed E-state index contributed by atoms with van der Waals surface area (Å²) in [6, 6.07) is 9.36. The number of hydrogen-bond acceptors (Lipinski definition) is 14. The van der Waals surface area contributed by atoms with Crippen LogP contribution in [0.15, 0.2) is 66.6 Å². The highest BCUT2D eigenvalue weighted by atomic mass is 32.2. The van der Waals surface area contributed by atoms with E-state index in [1.165, 1.54) is 41.6 Å². The molecule has 3 heterocycles. The van der Waals surface area contributed by atoms with Gasteiger partial charge in [-0.25, -0.2) is 23.9 Å². The number of methoxy groups -OCH3 is 1. The Morgan fingerprint density at radius 2 is 1.73 bits per heavy atom. The van der Waals surface area contributed by atoms with Gasteiger partial charge in [-0.05, 0) is 70.7 Å². The third kappa shape index (κ3) is 11.0. The number of halogens is 1. The van der Waals surface area contributed by atoms with Crippen molar-refractivity contribution in [2.45, 2.75) is 104 Å². The first-order valence-electron chi connectivity index (χ1n) is 20.6. The van der Waals surface area contributed by atoms with Gasteiger partial charge in [0.2, 0.25) is 11.8 Å². The highest BCUT2D eigenvalue weighted by Gasteiger charge is 2.62. The Morgan fingerprint density at radius 1 is 1.02 bits per heavy atom. The number of benzene rings is 2. The predicted molar refractivity (Wildman–Crippen MR) is 239 cm³/mol. The molecule has 1 saturated heterocycles. The first-order valence-corrected chi connectivity index (χ1v) is 22.8. The van der Waals surface area contributed by atoms with Gasteiger partial charge >= 0.3 is 16.4 Å². The number of ether oxygens (including phenoxy) is 3. The smallest absolute Gasteiger partial charge is 0.409 e. The second-order valence-electron chi connectivity index (χ2n) is 18.1. The van der Waals surface area contributed by atoms with Crippen molar-refractivity contribution in [3.8, 4) is 28.6 Å². The Balaban J connectivity index is 1.34. The van der Waals surface area contributed by atoms with Crippen LogP contribution < -0.4 is 34.3 Å². The average Bonchev–Trinajstić information content (AvgIpc) is 3.46. The van der Waals surface area contributed by atoms with Gasteiger partial charge in [-0.3, -0.25) is 14.4 Å². The summed E-state index contributed by atoms with van der Waals surface area (Å²) in [6.07, 6.45) is -0.450. The van der Waals surface area contributed by atoms with Gasteiger partial charge in [0.25, 0.3) is 5.91 Å². The van der Waals surface area contributed by atoms with E-state index in [1.807, 2.05) is 19.2 Å². The van der Waals surface area contributed by atoms with Gasteiger partial charge in [0, 0.05) is 41.3 Å². The molecule has 4 aromatic rings. The van der Waals surface area contributed by atoms with Gasteiger partial charge in [-0.2, -0.15) is 8.42 Å². The minimum atomic E-state index is -4.94. The Kier molecular flexibility index (Phi) is 13.5. The molecule has 0 bridgehead atoms. The van der Waals surface area contributed by atoms with Crippen LogP contribution in [0.2, 0.25) is 0 Å². The summed E-state index contributed by atoms with van der Waals surface area (Å²) in [5, 5.41) is 11.8. The van der Waals surface area contributed by atoms with Gasteiger partial charge in [-0.15, -0.1) is 17.9 Å². The monoisotopic (exact) mass is 923 g/mol. The SMILES string of the molecule is C=C[C@@H]1C[C@]1(NC(=O)[C@@H]1C[C@@H](Oc2cc(-c3csc(NC(C)C)n3)nc3cc(OC)ccc23)CN1C(=O)[C@@H](NC(=O)OC(C)(C)C)C(C)(C)C)C(=O)NS(=O)(=O)Oc1ccccc1F. The normalized spacial score (nSPS) is 20.2. The van der Waals surface area contributed by atoms with Crippen LogP contribution in [-0.2, 0) is 29.4 Å². The molecule has 17 nitrogen and oxygen atoms in total. The number of hydrogen-bond donors (Lipinski definition) is 4. The van der Waals surface area contributed by atoms with E-state index in [2.05, 4.69) is 22.5 Å². The van der Waals surface area contributed by atoms with Crippen molar-refractivity contribution < 1.29 is 50.4 Å². The highest BCUT2D eigenvalue weighted by molar-refractivity contribution is 7.85. The Morgan fingerprint density at radius 3 is 2.36 bits per heavy atom. The number of nitrogens with zero attached hydrogens (tertiary/aromatic N) is 3. The number of carbonyl (C=O) groups is 4. The van der Waals surface area contributed by atoms with Crippen molar-refractivity contribution in [3.63, 3.8) is 0 Å². The number of nitrogens with one attached hydrogen (secondary N) is 4. The number of anilines is 1. The molecule has 2 aromatic heterocycles. The molecule has 64 heavy (non-hydrogen) atoms. The van der Waals surface area contributed by atoms with Crippen LogP contribution in [0.3, 0.4) is 0 Å². The summed E-state index contributed by atoms with van der Waals surface area (Å²) in [7, 11) is -3.40. The lowest BCUT2D eigenvalue weighted by Crippen LogP contribution is -2.60. The van der Waals surface area contributed by atoms with Crippen LogP contribution in [0.5, 0.6) is 17.2 Å². The van der Waals surface area contributed by atoms with Crippen molar-refractivity contribution in [1.82, 2.24) is 30.2 Å². The molecule has 2 aromatic carbocycles. The summed E-state index contributed by atoms with van der Waals surface area (Å²) >= 11 is 1.41. The third-order valence-electron chi connectivity index (χ3n) is 10.4. The van der Waals surface area contributed by atoms with E-state index in [-0.39, 0.29) is 25.4 Å². The molecule has 20 heteroatoms. The number of thiazole rings is 1. The van der Waals surface area contributed by atoms with Crippen LogP contribution in [0, 0.1) is 17.2 Å². The standard InChI is InChI=1S/C44H54FN7O10S2/c1-11-25-21-44(25,39(55)51-64(57,58)62-34-15-13-12-14-29(34)45)50-37(53)33-19-27(22-52(33)38(54)36(42(4,5)6)49-41(56)61-43(7,8)9)60-35-20-31(32-23-63-40(48-32)46-24(2)3)47-30-18-26(59-10)16-17-28(30)35/h11-18,20,23-25,27,33,36H,1,19,21-22H2,2-10H3,(H,46,48)(H,49,56)(H,50,53)(H,51,55)/t25-,27-,33+,36-,44-/m1/s1. The summed E-state index contributed by atoms with van der Waals surface area (Å²) in [5.74, 6) is -4.05. The first-order chi connectivity index (χ1) is 29.9. The number of rotatable bonds is 15. The zero-order valence-corrected chi connectivity index (χ0v) is 38.7. The highest BCUT2D eigenvalue weighted by Crippen LogP contribution is 2.45. The van der Waals surface area contributed by atoms with Crippen LogP contribution in [0.25, 0.3) is 22.3 Å². The molecule has 6 rings (SSSR count). The number of likely N-dealkylation sites (tertiary alicyclic amines) is 1. The van der Waals surface area contributed by atoms with Gasteiger partial charge in [0.1, 0.15) is 46.5 Å². The van der Waals surface area contributed by atoms with Crippen molar-refractivity contribution in [3.05, 3.63) is 72.4 Å². The van der Waals surface area contributed by atoms with Crippen molar-refractivity contribution in [2.24, 2.45) is 11.3 Å². The Labute approximate surface area is 375 Å². The van der Waals surface area contributed by atoms with Gasteiger partial charge in [0.15, 0.2) is 16.7 Å². The molecule has 0 unspecified atom stereocenters. The van der Waals surface area contributed by atoms with E-state index in [1.54, 1.807) is 70.5 Å². The first kappa shape index (κ1) is 47.5. The quantitative estimate of drug-likeness (QED) is 0.0991. The minimum absolute atomic E-state index is 0.0467. The molecular weight excluding hydrogens is 870 g/mol. The molecule has 4 amide bonds. The lowest BCUT2D eigenvalue weighted by Gasteiger charge is -2.36. The molecule has 0 spiro atoms. The summed E-state index contributed by atoms with van der Waals surface area (Å²) in [4.78, 5) is 67.2. The lowest BCUT2D eigenvalue weighted by atomic mass is 9.85. The molecule has 1 saturated carbocycles. The summed E-state index contributed by atoms with van der Waals surface area (Å²) in [6.45, 7) is 17.9. The van der Waals surface area contributed by atoms with E-state index in [0.29, 0.717) is 38.9 Å². The number of carbonyl (C=O) groups excluding carboxylic acids is 4. The topological polar surface area (TPSA) is 216 Å². The van der Waals surface area contributed by atoms with Crippen LogP contribution >= 0.6 is 11.3 Å². The van der Waals surface area contributed by atoms with E-state index in [9.17, 15) is 32.0 Å². The molecule has 5 atom stereocenters. The fraction of sp³-hybridized carbons (Fsp3) is 0.455. The molecule has 0 radical (unpaired) electrons. The van der Waals surface area contributed by atoms with E-state index < -0.39 is 86.3 Å². The maximum atomic E-state index is 14.8. The minimum Gasteiger partial charge on any atom is -0.497 e. The van der Waals surface area contributed by atoms with Crippen LogP contribution in [-0.4, -0.2) is 96.1 Å². The molecular formula is C44H54FN7O10S2. The van der Waals surface area contributed by atoms with E-state index in [4.69, 9.17) is 28.4 Å². The molecule has 2 aliphatic rings. The lowest BCUT2D eigenvalue weighted by molar-refractivity contribution is -0.143. The van der Waals surface area contributed by atoms with Crippen LogP contribution in [0.1, 0.15) is 68.2 Å². The molecule has 344 valence electrons. The van der Waals surface area contributed by atoms with Gasteiger partial charge in [0.05, 0.1) is 24.9 Å². The Bertz CT molecular complexity index is 2560. The van der Waals surface area contributed by atoms with Gasteiger partial charge in [-0.1, -0.05) is 39.0 Å². The van der Waals surface area contributed by atoms with E-state index in [0.717, 1.165) is 12.1 Å². The number of aromatic nitrogens is 2. The zero-order valence-electron chi connectivity index (χ0n) is 37.1. The fourth-order valence-electron chi connectivity index (χ4n) is 7.22. The maximum absolute atomic E-state index is 14.8. The third-order valence-corrected chi connectivity index (χ3v) is 12.0. The predicted octanol–water partition coefficient (Wildman–Crippen LogP) is 6.11. The van der Waals surface area contributed by atoms with Crippen molar-refractivity contribution >= 4 is 61.5 Å². The second-order valence-corrected chi connectivity index (χ2v) is 20.2. The number of pyridine rings is 1. The van der Waals surface area contributed by atoms with Crippen molar-refractivity contribution in [1.29, 1.82) is 0 Å². The molecule has 1 aliphatic heterocycles. The summed E-state index contributed by atoms with van der Waals surface area (Å²) in [5.41, 5.74) is -2.03. The Hall–Kier alpha value is -6.02. The fourth-order valence-corrected chi connectivity index (χ4v) is 8.90. The number of alkyl carbamates (subject to hydrolysis) is 1. The molecule has 4 N–H and O–H groups in total. The van der Waals surface area contributed by atoms with E-state index >= 15 is 0 Å². The number of fused-ring (bicyclic) bond motifs is 1. The maximum Gasteiger partial charge on any atom is 0.409 e. The number of amides is 4. The van der Waals surface area contributed by atoms with Crippen molar-refractivity contribution in [2.75, 3.05) is 19.0 Å². The van der Waals surface area contributed by atoms with Gasteiger partial charge < -0.3 is 39.2 Å². The molecule has 1 aliphatic carbocycles. The molecule has 2 fully saturated rings.